The molecular weight excluding hydrogens is 350 g/mol. The highest BCUT2D eigenvalue weighted by Gasteiger charge is 2.43. The van der Waals surface area contributed by atoms with Crippen LogP contribution in [-0.2, 0) is 11.3 Å². The van der Waals surface area contributed by atoms with Gasteiger partial charge in [0.2, 0.25) is 0 Å². The van der Waals surface area contributed by atoms with Gasteiger partial charge < -0.3 is 20.3 Å². The van der Waals surface area contributed by atoms with Crippen LogP contribution in [0.25, 0.3) is 0 Å². The maximum Gasteiger partial charge on any atom is 0.330 e. The van der Waals surface area contributed by atoms with Gasteiger partial charge in [-0.15, -0.1) is 0 Å². The molecule has 134 valence electrons. The minimum atomic E-state index is -1.30. The minimum Gasteiger partial charge on any atom is -0.387 e. The highest BCUT2D eigenvalue weighted by atomic mass is 35.5. The van der Waals surface area contributed by atoms with Gasteiger partial charge in [-0.25, -0.2) is 4.79 Å². The van der Waals surface area contributed by atoms with Crippen molar-refractivity contribution in [1.29, 1.82) is 0 Å². The number of hydrogen-bond acceptors (Lipinski definition) is 6. The number of nitrogens with zero attached hydrogens (tertiary/aromatic N) is 1. The predicted molar refractivity (Wildman–Crippen MR) is 90.4 cm³/mol. The van der Waals surface area contributed by atoms with E-state index in [2.05, 4.69) is 10.3 Å². The van der Waals surface area contributed by atoms with E-state index in [1.165, 1.54) is 6.20 Å². The largest absolute Gasteiger partial charge is 0.387 e. The van der Waals surface area contributed by atoms with Gasteiger partial charge in [-0.05, 0) is 11.6 Å². The first-order chi connectivity index (χ1) is 12.0. The molecule has 0 bridgehead atoms. The van der Waals surface area contributed by atoms with Gasteiger partial charge in [0.05, 0.1) is 0 Å². The average molecular weight is 368 g/mol. The molecular formula is C16H18ClN3O5. The Bertz CT molecular complexity index is 852. The third-order valence-corrected chi connectivity index (χ3v) is 4.45. The second-order valence-corrected chi connectivity index (χ2v) is 6.19. The van der Waals surface area contributed by atoms with Crippen LogP contribution in [-0.4, -0.2) is 44.6 Å². The van der Waals surface area contributed by atoms with Crippen molar-refractivity contribution in [2.45, 2.75) is 31.1 Å². The third-order valence-electron chi connectivity index (χ3n) is 4.08. The van der Waals surface area contributed by atoms with Crippen molar-refractivity contribution in [3.63, 3.8) is 0 Å². The molecule has 0 radical (unpaired) electrons. The Morgan fingerprint density at radius 3 is 2.68 bits per heavy atom. The first-order valence-electron chi connectivity index (χ1n) is 7.74. The number of aromatic nitrogens is 2. The monoisotopic (exact) mass is 367 g/mol. The SMILES string of the molecule is O=c1ccn([C@@H]2O[C@H](CNCc3ccccc3Cl)[C@@H](O)[C@H]2O)c(=O)[nH]1. The van der Waals surface area contributed by atoms with Gasteiger partial charge >= 0.3 is 5.69 Å². The molecule has 0 unspecified atom stereocenters. The van der Waals surface area contributed by atoms with Crippen LogP contribution in [0, 0.1) is 0 Å². The normalized spacial score (nSPS) is 26.0. The van der Waals surface area contributed by atoms with Gasteiger partial charge in [0.1, 0.15) is 18.3 Å². The molecule has 2 heterocycles. The van der Waals surface area contributed by atoms with Crippen LogP contribution < -0.4 is 16.6 Å². The molecule has 25 heavy (non-hydrogen) atoms. The van der Waals surface area contributed by atoms with E-state index in [9.17, 15) is 19.8 Å². The van der Waals surface area contributed by atoms with Gasteiger partial charge in [0.15, 0.2) is 6.23 Å². The maximum atomic E-state index is 11.8. The van der Waals surface area contributed by atoms with Crippen LogP contribution in [0.5, 0.6) is 0 Å². The third kappa shape index (κ3) is 3.83. The van der Waals surface area contributed by atoms with E-state index in [4.69, 9.17) is 16.3 Å². The standard InChI is InChI=1S/C16H18ClN3O5/c17-10-4-2-1-3-9(10)7-18-8-11-13(22)14(23)15(25-11)20-6-5-12(21)19-16(20)24/h1-6,11,13-15,18,22-23H,7-8H2,(H,19,21,24)/t11-,13-,14-,15-/m1/s1. The topological polar surface area (TPSA) is 117 Å². The van der Waals surface area contributed by atoms with Crippen LogP contribution in [0.1, 0.15) is 11.8 Å². The molecule has 1 aromatic heterocycles. The van der Waals surface area contributed by atoms with Gasteiger partial charge in [-0.1, -0.05) is 29.8 Å². The first-order valence-corrected chi connectivity index (χ1v) is 8.12. The van der Waals surface area contributed by atoms with Crippen LogP contribution in [0.3, 0.4) is 0 Å². The number of nitrogens with one attached hydrogen (secondary N) is 2. The van der Waals surface area contributed by atoms with Crippen molar-refractivity contribution in [3.05, 3.63) is 68.0 Å². The molecule has 0 spiro atoms. The molecule has 9 heteroatoms. The van der Waals surface area contributed by atoms with Gasteiger partial charge in [0, 0.05) is 30.4 Å². The highest BCUT2D eigenvalue weighted by molar-refractivity contribution is 6.31. The maximum absolute atomic E-state index is 11.8. The number of H-pyrrole nitrogens is 1. The summed E-state index contributed by atoms with van der Waals surface area (Å²) in [5.41, 5.74) is -0.369. The van der Waals surface area contributed by atoms with Crippen molar-refractivity contribution < 1.29 is 14.9 Å². The van der Waals surface area contributed by atoms with Crippen molar-refractivity contribution in [2.75, 3.05) is 6.54 Å². The van der Waals surface area contributed by atoms with E-state index in [0.29, 0.717) is 11.6 Å². The molecule has 1 aromatic carbocycles. The fourth-order valence-corrected chi connectivity index (χ4v) is 2.95. The number of aliphatic hydroxyl groups is 2. The molecule has 0 amide bonds. The fourth-order valence-electron chi connectivity index (χ4n) is 2.75. The summed E-state index contributed by atoms with van der Waals surface area (Å²) < 4.78 is 6.65. The average Bonchev–Trinajstić information content (AvgIpc) is 2.85. The summed E-state index contributed by atoms with van der Waals surface area (Å²) in [7, 11) is 0. The lowest BCUT2D eigenvalue weighted by atomic mass is 10.1. The Balaban J connectivity index is 1.65. The molecule has 1 saturated heterocycles. The first kappa shape index (κ1) is 17.8. The van der Waals surface area contributed by atoms with Crippen LogP contribution in [0.4, 0.5) is 0 Å². The van der Waals surface area contributed by atoms with E-state index in [-0.39, 0.29) is 6.54 Å². The lowest BCUT2D eigenvalue weighted by Crippen LogP contribution is -2.38. The summed E-state index contributed by atoms with van der Waals surface area (Å²) in [5.74, 6) is 0. The number of aliphatic hydroxyl groups excluding tert-OH is 2. The van der Waals surface area contributed by atoms with Crippen LogP contribution in [0.15, 0.2) is 46.1 Å². The van der Waals surface area contributed by atoms with Crippen molar-refractivity contribution in [2.24, 2.45) is 0 Å². The Morgan fingerprint density at radius 2 is 1.96 bits per heavy atom. The minimum absolute atomic E-state index is 0.248. The van der Waals surface area contributed by atoms with E-state index >= 15 is 0 Å². The van der Waals surface area contributed by atoms with Crippen molar-refractivity contribution >= 4 is 11.6 Å². The summed E-state index contributed by atoms with van der Waals surface area (Å²) in [6, 6.07) is 8.50. The smallest absolute Gasteiger partial charge is 0.330 e. The highest BCUT2D eigenvalue weighted by Crippen LogP contribution is 2.28. The number of benzene rings is 1. The summed E-state index contributed by atoms with van der Waals surface area (Å²) in [6.45, 7) is 0.712. The Labute approximate surface area is 147 Å². The molecule has 4 atom stereocenters. The molecule has 0 saturated carbocycles. The number of hydrogen-bond donors (Lipinski definition) is 4. The second kappa shape index (κ2) is 7.51. The zero-order chi connectivity index (χ0) is 18.0. The number of halogens is 1. The Hall–Kier alpha value is -1.97. The van der Waals surface area contributed by atoms with Gasteiger partial charge in [-0.2, -0.15) is 0 Å². The molecule has 2 aromatic rings. The number of aromatic amines is 1. The molecule has 0 aliphatic carbocycles. The molecule has 4 N–H and O–H groups in total. The van der Waals surface area contributed by atoms with E-state index in [1.807, 2.05) is 18.2 Å². The van der Waals surface area contributed by atoms with Crippen molar-refractivity contribution in [3.8, 4) is 0 Å². The van der Waals surface area contributed by atoms with Gasteiger partial charge in [-0.3, -0.25) is 14.3 Å². The Kier molecular flexibility index (Phi) is 5.36. The van der Waals surface area contributed by atoms with E-state index < -0.39 is 35.8 Å². The molecule has 1 aliphatic heterocycles. The lowest BCUT2D eigenvalue weighted by Gasteiger charge is -2.16. The second-order valence-electron chi connectivity index (χ2n) is 5.79. The summed E-state index contributed by atoms with van der Waals surface area (Å²) in [4.78, 5) is 25.0. The number of ether oxygens (including phenoxy) is 1. The Morgan fingerprint density at radius 1 is 1.20 bits per heavy atom. The van der Waals surface area contributed by atoms with Crippen molar-refractivity contribution in [1.82, 2.24) is 14.9 Å². The molecule has 3 rings (SSSR count). The zero-order valence-electron chi connectivity index (χ0n) is 13.1. The van der Waals surface area contributed by atoms with Gasteiger partial charge in [0.25, 0.3) is 5.56 Å². The van der Waals surface area contributed by atoms with E-state index in [0.717, 1.165) is 16.2 Å². The number of rotatable bonds is 5. The zero-order valence-corrected chi connectivity index (χ0v) is 13.9. The van der Waals surface area contributed by atoms with Crippen LogP contribution in [0.2, 0.25) is 5.02 Å². The molecule has 1 fully saturated rings. The lowest BCUT2D eigenvalue weighted by molar-refractivity contribution is -0.0392. The summed E-state index contributed by atoms with van der Waals surface area (Å²) >= 11 is 6.08. The summed E-state index contributed by atoms with van der Waals surface area (Å²) in [6.07, 6.45) is -3.05. The molecule has 8 nitrogen and oxygen atoms in total. The summed E-state index contributed by atoms with van der Waals surface area (Å²) in [5, 5.41) is 24.0. The molecule has 1 aliphatic rings. The quantitative estimate of drug-likeness (QED) is 0.571. The fraction of sp³-hybridized carbons (Fsp3) is 0.375. The van der Waals surface area contributed by atoms with Crippen LogP contribution >= 0.6 is 11.6 Å². The van der Waals surface area contributed by atoms with E-state index in [1.54, 1.807) is 6.07 Å². The predicted octanol–water partition coefficient (Wildman–Crippen LogP) is -0.401.